The van der Waals surface area contributed by atoms with Crippen LogP contribution in [-0.4, -0.2) is 30.4 Å². The molecular formula is C24H24N2O2S. The van der Waals surface area contributed by atoms with Crippen molar-refractivity contribution in [2.24, 2.45) is 0 Å². The van der Waals surface area contributed by atoms with Crippen molar-refractivity contribution >= 4 is 39.0 Å². The molecule has 1 saturated heterocycles. The van der Waals surface area contributed by atoms with Crippen LogP contribution >= 0.6 is 11.3 Å². The Balaban J connectivity index is 1.33. The van der Waals surface area contributed by atoms with Crippen molar-refractivity contribution in [1.29, 1.82) is 0 Å². The Hall–Kier alpha value is -2.63. The fourth-order valence-electron chi connectivity index (χ4n) is 4.39. The maximum atomic E-state index is 12.8. The smallest absolute Gasteiger partial charge is 0.224 e. The molecule has 1 amide bonds. The Bertz CT molecular complexity index is 1130. The molecule has 5 heteroatoms. The number of hydrogen-bond donors (Lipinski definition) is 1. The third kappa shape index (κ3) is 3.68. The van der Waals surface area contributed by atoms with Crippen LogP contribution in [0.3, 0.4) is 0 Å². The van der Waals surface area contributed by atoms with Gasteiger partial charge in [-0.1, -0.05) is 36.4 Å². The summed E-state index contributed by atoms with van der Waals surface area (Å²) in [6, 6.07) is 16.8. The monoisotopic (exact) mass is 404 g/mol. The molecule has 1 N–H and O–H groups in total. The Morgan fingerprint density at radius 3 is 2.79 bits per heavy atom. The normalized spacial score (nSPS) is 15.9. The van der Waals surface area contributed by atoms with Crippen molar-refractivity contribution in [3.05, 3.63) is 70.6 Å². The van der Waals surface area contributed by atoms with Crippen molar-refractivity contribution in [2.45, 2.75) is 25.3 Å². The van der Waals surface area contributed by atoms with Gasteiger partial charge in [0.25, 0.3) is 0 Å². The maximum Gasteiger partial charge on any atom is 0.224 e. The van der Waals surface area contributed by atoms with Crippen molar-refractivity contribution in [3.8, 4) is 0 Å². The van der Waals surface area contributed by atoms with Gasteiger partial charge in [0.05, 0.1) is 18.7 Å². The van der Waals surface area contributed by atoms with Gasteiger partial charge in [0.2, 0.25) is 5.91 Å². The van der Waals surface area contributed by atoms with Gasteiger partial charge in [0.1, 0.15) is 5.58 Å². The van der Waals surface area contributed by atoms with Crippen LogP contribution in [0.25, 0.3) is 21.7 Å². The highest BCUT2D eigenvalue weighted by atomic mass is 32.1. The summed E-state index contributed by atoms with van der Waals surface area (Å²) >= 11 is 1.77. The molecule has 2 aromatic heterocycles. The molecule has 29 heavy (non-hydrogen) atoms. The first-order chi connectivity index (χ1) is 14.3. The lowest BCUT2D eigenvalue weighted by Gasteiger charge is -2.26. The van der Waals surface area contributed by atoms with Crippen LogP contribution in [0.5, 0.6) is 0 Å². The lowest BCUT2D eigenvalue weighted by molar-refractivity contribution is -0.120. The highest BCUT2D eigenvalue weighted by molar-refractivity contribution is 7.10. The summed E-state index contributed by atoms with van der Waals surface area (Å²) in [5, 5.41) is 8.64. The number of amides is 1. The van der Waals surface area contributed by atoms with Crippen molar-refractivity contribution < 1.29 is 9.21 Å². The molecule has 1 aliphatic heterocycles. The molecule has 1 atom stereocenters. The summed E-state index contributed by atoms with van der Waals surface area (Å²) in [6.45, 7) is 2.86. The number of nitrogens with one attached hydrogen (secondary N) is 1. The molecular weight excluding hydrogens is 380 g/mol. The SMILES string of the molecule is O=C(Cc1coc2ccc3ccccc3c12)NC[C@H](c1cccs1)N1CCCC1. The van der Waals surface area contributed by atoms with Crippen LogP contribution in [0.2, 0.25) is 0 Å². The molecule has 1 fully saturated rings. The van der Waals surface area contributed by atoms with Gasteiger partial charge in [-0.15, -0.1) is 11.3 Å². The van der Waals surface area contributed by atoms with Gasteiger partial charge < -0.3 is 9.73 Å². The van der Waals surface area contributed by atoms with E-state index < -0.39 is 0 Å². The molecule has 4 nitrogen and oxygen atoms in total. The summed E-state index contributed by atoms with van der Waals surface area (Å²) in [5.41, 5.74) is 1.78. The van der Waals surface area contributed by atoms with Gasteiger partial charge in [-0.25, -0.2) is 0 Å². The minimum Gasteiger partial charge on any atom is -0.464 e. The first kappa shape index (κ1) is 18.4. The quantitative estimate of drug-likeness (QED) is 0.484. The van der Waals surface area contributed by atoms with Gasteiger partial charge in [-0.3, -0.25) is 9.69 Å². The zero-order valence-electron chi connectivity index (χ0n) is 16.3. The highest BCUT2D eigenvalue weighted by Gasteiger charge is 2.25. The van der Waals surface area contributed by atoms with Gasteiger partial charge in [0, 0.05) is 22.4 Å². The minimum atomic E-state index is 0.0430. The van der Waals surface area contributed by atoms with Crippen molar-refractivity contribution in [2.75, 3.05) is 19.6 Å². The summed E-state index contributed by atoms with van der Waals surface area (Å²) in [4.78, 5) is 16.6. The summed E-state index contributed by atoms with van der Waals surface area (Å²) in [5.74, 6) is 0.0430. The summed E-state index contributed by atoms with van der Waals surface area (Å²) in [7, 11) is 0. The fourth-order valence-corrected chi connectivity index (χ4v) is 5.26. The maximum absolute atomic E-state index is 12.8. The molecule has 0 spiro atoms. The van der Waals surface area contributed by atoms with Crippen LogP contribution in [0.4, 0.5) is 0 Å². The number of benzene rings is 2. The molecule has 2 aromatic carbocycles. The van der Waals surface area contributed by atoms with E-state index in [0.29, 0.717) is 13.0 Å². The number of hydrogen-bond acceptors (Lipinski definition) is 4. The van der Waals surface area contributed by atoms with Crippen LogP contribution in [-0.2, 0) is 11.2 Å². The number of carbonyl (C=O) groups excluding carboxylic acids is 1. The number of nitrogens with zero attached hydrogens (tertiary/aromatic N) is 1. The standard InChI is InChI=1S/C24H24N2O2S/c27-23(25-15-20(22-8-5-13-29-22)26-11-3-4-12-26)14-18-16-28-21-10-9-17-6-1-2-7-19(17)24(18)21/h1-2,5-10,13,16,20H,3-4,11-12,14-15H2,(H,25,27)/t20-/m1/s1. The topological polar surface area (TPSA) is 45.5 Å². The zero-order valence-corrected chi connectivity index (χ0v) is 17.1. The number of carbonyl (C=O) groups is 1. The highest BCUT2D eigenvalue weighted by Crippen LogP contribution is 2.31. The van der Waals surface area contributed by atoms with E-state index in [0.717, 1.165) is 40.4 Å². The number of rotatable bonds is 6. The van der Waals surface area contributed by atoms with Gasteiger partial charge in [0.15, 0.2) is 0 Å². The summed E-state index contributed by atoms with van der Waals surface area (Å²) < 4.78 is 5.74. The molecule has 0 unspecified atom stereocenters. The second-order valence-electron chi connectivity index (χ2n) is 7.68. The number of furan rings is 1. The van der Waals surface area contributed by atoms with Crippen LogP contribution in [0.1, 0.15) is 29.3 Å². The number of fused-ring (bicyclic) bond motifs is 3. The molecule has 0 saturated carbocycles. The minimum absolute atomic E-state index is 0.0430. The third-order valence-corrected chi connectivity index (χ3v) is 6.81. The molecule has 0 bridgehead atoms. The zero-order chi connectivity index (χ0) is 19.6. The largest absolute Gasteiger partial charge is 0.464 e. The summed E-state index contributed by atoms with van der Waals surface area (Å²) in [6.07, 6.45) is 4.54. The first-order valence-electron chi connectivity index (χ1n) is 10.2. The van der Waals surface area contributed by atoms with E-state index in [1.807, 2.05) is 18.2 Å². The van der Waals surface area contributed by atoms with E-state index in [4.69, 9.17) is 4.42 Å². The first-order valence-corrected chi connectivity index (χ1v) is 11.1. The van der Waals surface area contributed by atoms with Crippen molar-refractivity contribution in [1.82, 2.24) is 10.2 Å². The fraction of sp³-hybridized carbons (Fsp3) is 0.292. The second kappa shape index (κ2) is 8.01. The number of thiophene rings is 1. The molecule has 3 heterocycles. The van der Waals surface area contributed by atoms with E-state index in [9.17, 15) is 4.79 Å². The van der Waals surface area contributed by atoms with Crippen LogP contribution in [0.15, 0.2) is 64.6 Å². The number of likely N-dealkylation sites (tertiary alicyclic amines) is 1. The van der Waals surface area contributed by atoms with Gasteiger partial charge in [-0.05, 0) is 54.2 Å². The Kier molecular flexibility index (Phi) is 5.08. The van der Waals surface area contributed by atoms with Crippen molar-refractivity contribution in [3.63, 3.8) is 0 Å². The van der Waals surface area contributed by atoms with E-state index in [2.05, 4.69) is 45.9 Å². The van der Waals surface area contributed by atoms with E-state index in [1.54, 1.807) is 17.6 Å². The van der Waals surface area contributed by atoms with E-state index in [1.165, 1.54) is 17.7 Å². The van der Waals surface area contributed by atoms with Gasteiger partial charge in [-0.2, -0.15) is 0 Å². The van der Waals surface area contributed by atoms with Crippen LogP contribution < -0.4 is 5.32 Å². The van der Waals surface area contributed by atoms with Crippen LogP contribution in [0, 0.1) is 0 Å². The molecule has 0 radical (unpaired) electrons. The Labute approximate surface area is 174 Å². The second-order valence-corrected chi connectivity index (χ2v) is 8.66. The average molecular weight is 405 g/mol. The lowest BCUT2D eigenvalue weighted by Crippen LogP contribution is -2.37. The lowest BCUT2D eigenvalue weighted by atomic mass is 10.0. The predicted octanol–water partition coefficient (Wildman–Crippen LogP) is 5.14. The molecule has 148 valence electrons. The molecule has 5 rings (SSSR count). The average Bonchev–Trinajstić information content (AvgIpc) is 3.51. The third-order valence-electron chi connectivity index (χ3n) is 5.84. The van der Waals surface area contributed by atoms with Gasteiger partial charge >= 0.3 is 0 Å². The predicted molar refractivity (Wildman–Crippen MR) is 118 cm³/mol. The van der Waals surface area contributed by atoms with E-state index in [-0.39, 0.29) is 11.9 Å². The van der Waals surface area contributed by atoms with E-state index >= 15 is 0 Å². The molecule has 1 aliphatic rings. The Morgan fingerprint density at radius 2 is 1.97 bits per heavy atom. The Morgan fingerprint density at radius 1 is 1.10 bits per heavy atom. The molecule has 0 aliphatic carbocycles. The molecule has 4 aromatic rings.